The first-order valence-corrected chi connectivity index (χ1v) is 9.49. The molecule has 0 radical (unpaired) electrons. The highest BCUT2D eigenvalue weighted by atomic mass is 32.1. The van der Waals surface area contributed by atoms with Gasteiger partial charge in [-0.25, -0.2) is 0 Å². The maximum Gasteiger partial charge on any atom is 0.241 e. The van der Waals surface area contributed by atoms with Gasteiger partial charge in [0.1, 0.15) is 0 Å². The summed E-state index contributed by atoms with van der Waals surface area (Å²) in [6.45, 7) is 3.27. The summed E-state index contributed by atoms with van der Waals surface area (Å²) in [6.07, 6.45) is 2.58. The zero-order valence-electron chi connectivity index (χ0n) is 14.0. The first-order chi connectivity index (χ1) is 12.4. The van der Waals surface area contributed by atoms with Crippen molar-refractivity contribution in [2.75, 3.05) is 13.2 Å². The third-order valence-corrected chi connectivity index (χ3v) is 5.17. The predicted molar refractivity (Wildman–Crippen MR) is 97.1 cm³/mol. The number of aromatic nitrogens is 2. The van der Waals surface area contributed by atoms with Crippen LogP contribution in [0.1, 0.15) is 23.6 Å². The lowest BCUT2D eigenvalue weighted by molar-refractivity contribution is 0.0644. The molecule has 4 rings (SSSR count). The van der Waals surface area contributed by atoms with Gasteiger partial charge in [0.15, 0.2) is 0 Å². The minimum absolute atomic E-state index is 0.302. The van der Waals surface area contributed by atoms with Crippen molar-refractivity contribution in [2.24, 2.45) is 0 Å². The minimum Gasteiger partial charge on any atom is -0.377 e. The summed E-state index contributed by atoms with van der Waals surface area (Å²) in [5.41, 5.74) is 0.974. The molecule has 3 heterocycles. The number of hydrogen-bond donors (Lipinski definition) is 0. The van der Waals surface area contributed by atoms with E-state index in [1.54, 1.807) is 11.3 Å². The largest absolute Gasteiger partial charge is 0.377 e. The Labute approximate surface area is 151 Å². The minimum atomic E-state index is 0.302. The molecule has 6 heteroatoms. The first-order valence-electron chi connectivity index (χ1n) is 8.61. The number of hydrogen-bond acceptors (Lipinski definition) is 6. The summed E-state index contributed by atoms with van der Waals surface area (Å²) in [6, 6.07) is 14.2. The zero-order valence-corrected chi connectivity index (χ0v) is 14.8. The van der Waals surface area contributed by atoms with Crippen molar-refractivity contribution in [1.82, 2.24) is 15.0 Å². The Bertz CT molecular complexity index is 767. The van der Waals surface area contributed by atoms with Crippen LogP contribution < -0.4 is 0 Å². The molecular formula is C19H21N3O2S. The summed E-state index contributed by atoms with van der Waals surface area (Å²) in [5.74, 6) is 1.29. The van der Waals surface area contributed by atoms with Crippen molar-refractivity contribution in [1.29, 1.82) is 0 Å². The summed E-state index contributed by atoms with van der Waals surface area (Å²) >= 11 is 1.77. The van der Waals surface area contributed by atoms with E-state index in [0.717, 1.165) is 38.1 Å². The maximum absolute atomic E-state index is 5.81. The van der Waals surface area contributed by atoms with Crippen LogP contribution in [0.2, 0.25) is 0 Å². The van der Waals surface area contributed by atoms with E-state index in [1.807, 2.05) is 30.3 Å². The number of thiophene rings is 1. The van der Waals surface area contributed by atoms with Gasteiger partial charge < -0.3 is 9.26 Å². The highest BCUT2D eigenvalue weighted by molar-refractivity contribution is 7.09. The first kappa shape index (κ1) is 16.4. The Kier molecular flexibility index (Phi) is 5.20. The van der Waals surface area contributed by atoms with Gasteiger partial charge in [-0.15, -0.1) is 11.3 Å². The second-order valence-electron chi connectivity index (χ2n) is 6.26. The van der Waals surface area contributed by atoms with Gasteiger partial charge in [0, 0.05) is 30.1 Å². The Morgan fingerprint density at radius 3 is 2.80 bits per heavy atom. The Morgan fingerprint density at radius 1 is 1.12 bits per heavy atom. The van der Waals surface area contributed by atoms with Gasteiger partial charge in [0.2, 0.25) is 11.7 Å². The van der Waals surface area contributed by atoms with Gasteiger partial charge in [-0.2, -0.15) is 4.98 Å². The third kappa shape index (κ3) is 4.34. The molecule has 2 aromatic heterocycles. The lowest BCUT2D eigenvalue weighted by Crippen LogP contribution is -2.31. The molecule has 0 amide bonds. The van der Waals surface area contributed by atoms with Gasteiger partial charge >= 0.3 is 0 Å². The molecule has 1 aromatic carbocycles. The molecular weight excluding hydrogens is 334 g/mol. The van der Waals surface area contributed by atoms with Gasteiger partial charge in [0.05, 0.1) is 12.6 Å². The average Bonchev–Trinajstić information content (AvgIpc) is 3.38. The molecule has 1 unspecified atom stereocenters. The number of ether oxygens (including phenoxy) is 1. The Morgan fingerprint density at radius 2 is 2.04 bits per heavy atom. The summed E-state index contributed by atoms with van der Waals surface area (Å²) < 4.78 is 11.3. The monoisotopic (exact) mass is 355 g/mol. The van der Waals surface area contributed by atoms with Crippen LogP contribution in [0.25, 0.3) is 11.4 Å². The second-order valence-corrected chi connectivity index (χ2v) is 7.29. The van der Waals surface area contributed by atoms with E-state index < -0.39 is 0 Å². The van der Waals surface area contributed by atoms with E-state index in [2.05, 4.69) is 32.6 Å². The molecule has 5 nitrogen and oxygen atoms in total. The smallest absolute Gasteiger partial charge is 0.241 e. The SMILES string of the molecule is c1ccc(-c2noc(CN(Cc3cccs3)CC3CCCO3)n2)cc1. The molecule has 130 valence electrons. The van der Waals surface area contributed by atoms with E-state index in [1.165, 1.54) is 4.88 Å². The lowest BCUT2D eigenvalue weighted by Gasteiger charge is -2.23. The average molecular weight is 355 g/mol. The second kappa shape index (κ2) is 7.91. The van der Waals surface area contributed by atoms with E-state index in [0.29, 0.717) is 24.4 Å². The van der Waals surface area contributed by atoms with Crippen LogP contribution in [-0.4, -0.2) is 34.3 Å². The fourth-order valence-electron chi connectivity index (χ4n) is 3.10. The summed E-state index contributed by atoms with van der Waals surface area (Å²) in [4.78, 5) is 8.24. The Hall–Kier alpha value is -2.02. The summed E-state index contributed by atoms with van der Waals surface area (Å²) in [5, 5.41) is 6.24. The molecule has 3 aromatic rings. The van der Waals surface area contributed by atoms with Crippen LogP contribution >= 0.6 is 11.3 Å². The van der Waals surface area contributed by atoms with E-state index in [4.69, 9.17) is 9.26 Å². The zero-order chi connectivity index (χ0) is 16.9. The van der Waals surface area contributed by atoms with Crippen molar-refractivity contribution >= 4 is 11.3 Å². The van der Waals surface area contributed by atoms with Crippen molar-refractivity contribution in [3.8, 4) is 11.4 Å². The van der Waals surface area contributed by atoms with Crippen LogP contribution in [0.3, 0.4) is 0 Å². The Balaban J connectivity index is 1.46. The molecule has 0 bridgehead atoms. The van der Waals surface area contributed by atoms with Crippen LogP contribution in [0.15, 0.2) is 52.4 Å². The topological polar surface area (TPSA) is 51.4 Å². The number of benzene rings is 1. The maximum atomic E-state index is 5.81. The van der Waals surface area contributed by atoms with Crippen LogP contribution in [0.5, 0.6) is 0 Å². The molecule has 0 spiro atoms. The summed E-state index contributed by atoms with van der Waals surface area (Å²) in [7, 11) is 0. The molecule has 0 aliphatic carbocycles. The fraction of sp³-hybridized carbons (Fsp3) is 0.368. The molecule has 1 fully saturated rings. The van der Waals surface area contributed by atoms with E-state index in [-0.39, 0.29) is 0 Å². The van der Waals surface area contributed by atoms with Gasteiger partial charge in [-0.3, -0.25) is 4.90 Å². The molecule has 1 atom stereocenters. The molecule has 1 aliphatic heterocycles. The molecule has 0 saturated carbocycles. The lowest BCUT2D eigenvalue weighted by atomic mass is 10.2. The van der Waals surface area contributed by atoms with Gasteiger partial charge in [-0.05, 0) is 24.3 Å². The molecule has 1 aliphatic rings. The van der Waals surface area contributed by atoms with Crippen molar-refractivity contribution in [3.63, 3.8) is 0 Å². The van der Waals surface area contributed by atoms with E-state index >= 15 is 0 Å². The van der Waals surface area contributed by atoms with Gasteiger partial charge in [0.25, 0.3) is 0 Å². The molecule has 0 N–H and O–H groups in total. The van der Waals surface area contributed by atoms with Crippen molar-refractivity contribution < 1.29 is 9.26 Å². The molecule has 1 saturated heterocycles. The van der Waals surface area contributed by atoms with Crippen molar-refractivity contribution in [3.05, 3.63) is 58.6 Å². The predicted octanol–water partition coefficient (Wildman–Crippen LogP) is 3.98. The van der Waals surface area contributed by atoms with Crippen LogP contribution in [0.4, 0.5) is 0 Å². The molecule has 25 heavy (non-hydrogen) atoms. The highest BCUT2D eigenvalue weighted by Crippen LogP contribution is 2.20. The number of rotatable bonds is 7. The standard InChI is InChI=1S/C19H21N3O2S/c1-2-6-15(7-3-1)19-20-18(24-21-19)14-22(12-16-8-4-10-23-16)13-17-9-5-11-25-17/h1-3,5-7,9,11,16H,4,8,10,12-14H2. The van der Waals surface area contributed by atoms with Crippen LogP contribution in [-0.2, 0) is 17.8 Å². The fourth-order valence-corrected chi connectivity index (χ4v) is 3.85. The number of nitrogens with zero attached hydrogens (tertiary/aromatic N) is 3. The highest BCUT2D eigenvalue weighted by Gasteiger charge is 2.21. The van der Waals surface area contributed by atoms with E-state index in [9.17, 15) is 0 Å². The van der Waals surface area contributed by atoms with Gasteiger partial charge in [-0.1, -0.05) is 41.6 Å². The quantitative estimate of drug-likeness (QED) is 0.642. The normalized spacial score (nSPS) is 17.4. The van der Waals surface area contributed by atoms with Crippen LogP contribution in [0, 0.1) is 0 Å². The van der Waals surface area contributed by atoms with Crippen molar-refractivity contribution in [2.45, 2.75) is 32.0 Å². The third-order valence-electron chi connectivity index (χ3n) is 4.30.